The van der Waals surface area contributed by atoms with Crippen molar-refractivity contribution in [2.75, 3.05) is 13.2 Å². The first-order valence-corrected chi connectivity index (χ1v) is 4.24. The summed E-state index contributed by atoms with van der Waals surface area (Å²) in [5.41, 5.74) is 0. The van der Waals surface area contributed by atoms with Crippen LogP contribution in [-0.4, -0.2) is 25.2 Å². The molecule has 0 spiro atoms. The van der Waals surface area contributed by atoms with E-state index in [2.05, 4.69) is 5.32 Å². The highest BCUT2D eigenvalue weighted by Crippen LogP contribution is 2.09. The molecule has 0 saturated carbocycles. The van der Waals surface area contributed by atoms with Crippen LogP contribution in [0.3, 0.4) is 0 Å². The lowest BCUT2D eigenvalue weighted by atomic mass is 10.2. The molecular weight excluding hydrogens is 142 g/mol. The minimum atomic E-state index is -0.148. The van der Waals surface area contributed by atoms with Gasteiger partial charge in [0, 0.05) is 13.0 Å². The van der Waals surface area contributed by atoms with Gasteiger partial charge in [0.2, 0.25) is 5.91 Å². The Labute approximate surface area is 68.1 Å². The second kappa shape index (κ2) is 6.16. The highest BCUT2D eigenvalue weighted by molar-refractivity contribution is 5.81. The molecule has 1 rings (SSSR count). The second-order valence-electron chi connectivity index (χ2n) is 2.04. The highest BCUT2D eigenvalue weighted by atomic mass is 16.5. The van der Waals surface area contributed by atoms with Crippen molar-refractivity contribution in [3.8, 4) is 0 Å². The first-order chi connectivity index (χ1) is 5.34. The molecule has 1 unspecified atom stereocenters. The Kier molecular flexibility index (Phi) is 5.84. The average molecular weight is 159 g/mol. The first kappa shape index (κ1) is 10.4. The molecule has 1 atom stereocenters. The van der Waals surface area contributed by atoms with Gasteiger partial charge in [-0.3, -0.25) is 4.79 Å². The van der Waals surface area contributed by atoms with Gasteiger partial charge in [-0.05, 0) is 6.92 Å². The summed E-state index contributed by atoms with van der Waals surface area (Å²) in [6.07, 6.45) is 0.733. The fourth-order valence-electron chi connectivity index (χ4n) is 0.731. The molecule has 1 N–H and O–H groups in total. The minimum absolute atomic E-state index is 0.0313. The summed E-state index contributed by atoms with van der Waals surface area (Å²) in [5, 5.41) is 2.68. The van der Waals surface area contributed by atoms with Crippen LogP contribution >= 0.6 is 0 Å². The normalized spacial score (nSPS) is 20.8. The molecule has 1 aliphatic rings. The molecule has 0 aromatic heterocycles. The van der Waals surface area contributed by atoms with Gasteiger partial charge in [0.15, 0.2) is 0 Å². The van der Waals surface area contributed by atoms with Crippen molar-refractivity contribution in [1.82, 2.24) is 5.32 Å². The van der Waals surface area contributed by atoms with E-state index in [4.69, 9.17) is 4.74 Å². The predicted molar refractivity (Wildman–Crippen MR) is 44.4 cm³/mol. The van der Waals surface area contributed by atoms with E-state index in [9.17, 15) is 4.79 Å². The number of hydrogen-bond acceptors (Lipinski definition) is 2. The number of likely N-dealkylation sites (N-methyl/N-ethyl adjacent to an activating group) is 1. The fourth-order valence-corrected chi connectivity index (χ4v) is 0.731. The van der Waals surface area contributed by atoms with E-state index in [-0.39, 0.29) is 12.0 Å². The quantitative estimate of drug-likeness (QED) is 0.651. The van der Waals surface area contributed by atoms with Gasteiger partial charge in [0.25, 0.3) is 0 Å². The smallest absolute Gasteiger partial charge is 0.249 e. The fraction of sp³-hybridized carbons (Fsp3) is 0.875. The van der Waals surface area contributed by atoms with E-state index < -0.39 is 0 Å². The zero-order chi connectivity index (χ0) is 8.69. The van der Waals surface area contributed by atoms with Gasteiger partial charge in [0.1, 0.15) is 6.10 Å². The largest absolute Gasteiger partial charge is 0.368 e. The number of carbonyl (C=O) groups is 1. The number of hydrogen-bond donors (Lipinski definition) is 1. The Hall–Kier alpha value is -0.570. The van der Waals surface area contributed by atoms with Crippen LogP contribution in [-0.2, 0) is 9.53 Å². The molecule has 0 bridgehead atoms. The van der Waals surface area contributed by atoms with Gasteiger partial charge in [-0.25, -0.2) is 0 Å². The molecule has 1 aliphatic heterocycles. The van der Waals surface area contributed by atoms with Crippen LogP contribution < -0.4 is 5.32 Å². The summed E-state index contributed by atoms with van der Waals surface area (Å²) in [7, 11) is 0. The summed E-state index contributed by atoms with van der Waals surface area (Å²) in [6, 6.07) is 0. The number of nitrogens with one attached hydrogen (secondary N) is 1. The molecule has 11 heavy (non-hydrogen) atoms. The van der Waals surface area contributed by atoms with Gasteiger partial charge < -0.3 is 10.1 Å². The lowest BCUT2D eigenvalue weighted by Gasteiger charge is -2.24. The molecule has 66 valence electrons. The number of ether oxygens (including phenoxy) is 1. The van der Waals surface area contributed by atoms with Crippen molar-refractivity contribution in [3.63, 3.8) is 0 Å². The lowest BCUT2D eigenvalue weighted by Crippen LogP contribution is -2.42. The second-order valence-corrected chi connectivity index (χ2v) is 2.04. The van der Waals surface area contributed by atoms with Crippen LogP contribution in [0.2, 0.25) is 0 Å². The average Bonchev–Trinajstić information content (AvgIpc) is 1.89. The molecule has 1 saturated heterocycles. The van der Waals surface area contributed by atoms with Crippen LogP contribution in [0, 0.1) is 0 Å². The molecular formula is C8H17NO2. The Morgan fingerprint density at radius 3 is 2.45 bits per heavy atom. The van der Waals surface area contributed by atoms with Crippen LogP contribution in [0.5, 0.6) is 0 Å². The van der Waals surface area contributed by atoms with Crippen molar-refractivity contribution in [2.45, 2.75) is 33.3 Å². The Bertz CT molecular complexity index is 111. The Morgan fingerprint density at radius 1 is 1.64 bits per heavy atom. The molecule has 3 nitrogen and oxygen atoms in total. The number of amides is 1. The van der Waals surface area contributed by atoms with Crippen LogP contribution in [0.4, 0.5) is 0 Å². The lowest BCUT2D eigenvalue weighted by molar-refractivity contribution is -0.144. The highest BCUT2D eigenvalue weighted by Gasteiger charge is 2.25. The van der Waals surface area contributed by atoms with E-state index in [0.717, 1.165) is 13.0 Å². The van der Waals surface area contributed by atoms with Gasteiger partial charge in [-0.15, -0.1) is 0 Å². The van der Waals surface area contributed by atoms with Crippen LogP contribution in [0.15, 0.2) is 0 Å². The SMILES string of the molecule is CC.CCNC(=O)C1CCO1. The maximum atomic E-state index is 10.8. The van der Waals surface area contributed by atoms with E-state index in [1.54, 1.807) is 0 Å². The Morgan fingerprint density at radius 2 is 2.18 bits per heavy atom. The molecule has 1 heterocycles. The van der Waals surface area contributed by atoms with Gasteiger partial charge in [0.05, 0.1) is 6.61 Å². The van der Waals surface area contributed by atoms with E-state index >= 15 is 0 Å². The van der Waals surface area contributed by atoms with E-state index in [0.29, 0.717) is 6.54 Å². The van der Waals surface area contributed by atoms with Crippen molar-refractivity contribution >= 4 is 5.91 Å². The molecule has 0 radical (unpaired) electrons. The maximum absolute atomic E-state index is 10.8. The van der Waals surface area contributed by atoms with Gasteiger partial charge in [-0.1, -0.05) is 13.8 Å². The van der Waals surface area contributed by atoms with Gasteiger partial charge in [-0.2, -0.15) is 0 Å². The van der Waals surface area contributed by atoms with Crippen molar-refractivity contribution < 1.29 is 9.53 Å². The summed E-state index contributed by atoms with van der Waals surface area (Å²) >= 11 is 0. The zero-order valence-electron chi connectivity index (χ0n) is 7.52. The van der Waals surface area contributed by atoms with E-state index in [1.165, 1.54) is 0 Å². The zero-order valence-corrected chi connectivity index (χ0v) is 7.52. The summed E-state index contributed by atoms with van der Waals surface area (Å²) < 4.78 is 4.93. The summed E-state index contributed by atoms with van der Waals surface area (Å²) in [4.78, 5) is 10.8. The van der Waals surface area contributed by atoms with Gasteiger partial charge >= 0.3 is 0 Å². The first-order valence-electron chi connectivity index (χ1n) is 4.24. The molecule has 0 aromatic rings. The van der Waals surface area contributed by atoms with Crippen LogP contribution in [0.1, 0.15) is 27.2 Å². The molecule has 0 aliphatic carbocycles. The third kappa shape index (κ3) is 3.37. The molecule has 1 amide bonds. The monoisotopic (exact) mass is 159 g/mol. The van der Waals surface area contributed by atoms with E-state index in [1.807, 2.05) is 20.8 Å². The number of rotatable bonds is 2. The third-order valence-electron chi connectivity index (χ3n) is 1.34. The minimum Gasteiger partial charge on any atom is -0.368 e. The Balaban J connectivity index is 0.000000461. The third-order valence-corrected chi connectivity index (χ3v) is 1.34. The standard InChI is InChI=1S/C6H11NO2.C2H6/c1-2-7-6(8)5-3-4-9-5;1-2/h5H,2-4H2,1H3,(H,7,8);1-2H3. The van der Waals surface area contributed by atoms with Crippen LogP contribution in [0.25, 0.3) is 0 Å². The summed E-state index contributed by atoms with van der Waals surface area (Å²) in [5.74, 6) is 0.0313. The predicted octanol–water partition coefficient (Wildman–Crippen LogP) is 0.938. The molecule has 3 heteroatoms. The van der Waals surface area contributed by atoms with Crippen molar-refractivity contribution in [3.05, 3.63) is 0 Å². The topological polar surface area (TPSA) is 38.3 Å². The van der Waals surface area contributed by atoms with Crippen molar-refractivity contribution in [2.24, 2.45) is 0 Å². The molecule has 0 aromatic carbocycles. The maximum Gasteiger partial charge on any atom is 0.249 e. The molecule has 1 fully saturated rings. The van der Waals surface area contributed by atoms with Crippen molar-refractivity contribution in [1.29, 1.82) is 0 Å². The number of carbonyl (C=O) groups excluding carboxylic acids is 1. The summed E-state index contributed by atoms with van der Waals surface area (Å²) in [6.45, 7) is 7.33.